The topological polar surface area (TPSA) is 40.1 Å². The van der Waals surface area contributed by atoms with Crippen LogP contribution in [0, 0.1) is 5.41 Å². The molecule has 3 aliphatic rings. The van der Waals surface area contributed by atoms with Crippen molar-refractivity contribution in [2.45, 2.75) is 38.1 Å². The maximum Gasteiger partial charge on any atom is 0.193 e. The van der Waals surface area contributed by atoms with Gasteiger partial charge in [-0.1, -0.05) is 0 Å². The van der Waals surface area contributed by atoms with Crippen molar-refractivity contribution in [2.24, 2.45) is 10.4 Å². The van der Waals surface area contributed by atoms with Gasteiger partial charge in [-0.15, -0.1) is 24.0 Å². The van der Waals surface area contributed by atoms with E-state index in [-0.39, 0.29) is 29.5 Å². The SMILES string of the molecule is CCNC(=NCC1(N(C)C)CCSC1)N1CCC2(CCOCC2)C1.I. The van der Waals surface area contributed by atoms with Gasteiger partial charge in [-0.3, -0.25) is 4.99 Å². The second-order valence-electron chi connectivity index (χ2n) is 7.88. The average Bonchev–Trinajstić information content (AvgIpc) is 3.21. The van der Waals surface area contributed by atoms with Crippen LogP contribution in [0.3, 0.4) is 0 Å². The fourth-order valence-corrected chi connectivity index (χ4v) is 5.73. The third-order valence-corrected chi connectivity index (χ3v) is 7.41. The molecule has 3 saturated heterocycles. The molecular weight excluding hydrogens is 447 g/mol. The van der Waals surface area contributed by atoms with Gasteiger partial charge in [-0.05, 0) is 57.9 Å². The van der Waals surface area contributed by atoms with Crippen molar-refractivity contribution in [2.75, 3.05) is 65.0 Å². The van der Waals surface area contributed by atoms with E-state index in [1.54, 1.807) is 0 Å². The number of aliphatic imine (C=N–C) groups is 1. The van der Waals surface area contributed by atoms with Crippen LogP contribution in [0.5, 0.6) is 0 Å². The monoisotopic (exact) mass is 482 g/mol. The molecule has 0 aromatic rings. The molecule has 7 heteroatoms. The van der Waals surface area contributed by atoms with Gasteiger partial charge in [-0.2, -0.15) is 11.8 Å². The summed E-state index contributed by atoms with van der Waals surface area (Å²) >= 11 is 2.07. The minimum Gasteiger partial charge on any atom is -0.381 e. The zero-order valence-corrected chi connectivity index (χ0v) is 19.2. The molecule has 146 valence electrons. The molecule has 0 bridgehead atoms. The highest BCUT2D eigenvalue weighted by Crippen LogP contribution is 2.39. The molecule has 3 fully saturated rings. The molecule has 3 aliphatic heterocycles. The highest BCUT2D eigenvalue weighted by molar-refractivity contribution is 14.0. The number of likely N-dealkylation sites (tertiary alicyclic amines) is 1. The summed E-state index contributed by atoms with van der Waals surface area (Å²) in [5.74, 6) is 3.58. The molecule has 0 radical (unpaired) electrons. The molecule has 1 unspecified atom stereocenters. The first-order chi connectivity index (χ1) is 11.6. The third-order valence-electron chi connectivity index (χ3n) is 6.18. The molecule has 0 amide bonds. The zero-order chi connectivity index (χ0) is 17.0. The summed E-state index contributed by atoms with van der Waals surface area (Å²) in [4.78, 5) is 9.99. The number of hydrogen-bond acceptors (Lipinski definition) is 4. The first kappa shape index (κ1) is 21.6. The van der Waals surface area contributed by atoms with Crippen molar-refractivity contribution < 1.29 is 4.74 Å². The Morgan fingerprint density at radius 2 is 2.00 bits per heavy atom. The number of hydrogen-bond donors (Lipinski definition) is 1. The van der Waals surface area contributed by atoms with Crippen molar-refractivity contribution in [1.82, 2.24) is 15.1 Å². The van der Waals surface area contributed by atoms with Gasteiger partial charge in [0.15, 0.2) is 5.96 Å². The van der Waals surface area contributed by atoms with Crippen LogP contribution in [0.25, 0.3) is 0 Å². The van der Waals surface area contributed by atoms with E-state index in [2.05, 4.69) is 47.9 Å². The largest absolute Gasteiger partial charge is 0.381 e. The van der Waals surface area contributed by atoms with Gasteiger partial charge in [0.25, 0.3) is 0 Å². The molecule has 0 aliphatic carbocycles. The van der Waals surface area contributed by atoms with Gasteiger partial charge in [0, 0.05) is 44.1 Å². The molecule has 0 saturated carbocycles. The summed E-state index contributed by atoms with van der Waals surface area (Å²) < 4.78 is 5.58. The van der Waals surface area contributed by atoms with Crippen molar-refractivity contribution in [3.63, 3.8) is 0 Å². The first-order valence-electron chi connectivity index (χ1n) is 9.45. The van der Waals surface area contributed by atoms with Gasteiger partial charge in [-0.25, -0.2) is 0 Å². The Balaban J connectivity index is 0.00000225. The van der Waals surface area contributed by atoms with Gasteiger partial charge >= 0.3 is 0 Å². The lowest BCUT2D eigenvalue weighted by Gasteiger charge is -2.35. The molecule has 25 heavy (non-hydrogen) atoms. The van der Waals surface area contributed by atoms with Gasteiger partial charge in [0.1, 0.15) is 0 Å². The first-order valence-corrected chi connectivity index (χ1v) is 10.6. The summed E-state index contributed by atoms with van der Waals surface area (Å²) in [6, 6.07) is 0. The van der Waals surface area contributed by atoms with Crippen molar-refractivity contribution in [1.29, 1.82) is 0 Å². The van der Waals surface area contributed by atoms with E-state index in [1.165, 1.54) is 37.2 Å². The highest BCUT2D eigenvalue weighted by Gasteiger charge is 2.41. The summed E-state index contributed by atoms with van der Waals surface area (Å²) in [5, 5.41) is 3.55. The number of rotatable bonds is 4. The zero-order valence-electron chi connectivity index (χ0n) is 16.1. The molecule has 1 N–H and O–H groups in total. The molecule has 1 atom stereocenters. The van der Waals surface area contributed by atoms with Crippen molar-refractivity contribution >= 4 is 41.7 Å². The molecular formula is C18H35IN4OS. The number of ether oxygens (including phenoxy) is 1. The third kappa shape index (κ3) is 4.96. The van der Waals surface area contributed by atoms with E-state index in [1.807, 2.05) is 0 Å². The van der Waals surface area contributed by atoms with Crippen LogP contribution in [0.1, 0.15) is 32.6 Å². The molecule has 1 spiro atoms. The fourth-order valence-electron chi connectivity index (χ4n) is 4.19. The predicted molar refractivity (Wildman–Crippen MR) is 118 cm³/mol. The average molecular weight is 482 g/mol. The molecule has 3 heterocycles. The number of halogens is 1. The molecule has 0 aromatic carbocycles. The Morgan fingerprint density at radius 1 is 1.24 bits per heavy atom. The van der Waals surface area contributed by atoms with Crippen LogP contribution in [0.4, 0.5) is 0 Å². The Hall–Kier alpha value is 0.270. The smallest absolute Gasteiger partial charge is 0.193 e. The van der Waals surface area contributed by atoms with E-state index < -0.39 is 0 Å². The maximum absolute atomic E-state index is 5.58. The fraction of sp³-hybridized carbons (Fsp3) is 0.944. The highest BCUT2D eigenvalue weighted by atomic mass is 127. The Bertz CT molecular complexity index is 448. The van der Waals surface area contributed by atoms with E-state index in [9.17, 15) is 0 Å². The lowest BCUT2D eigenvalue weighted by atomic mass is 9.80. The van der Waals surface area contributed by atoms with Crippen molar-refractivity contribution in [3.8, 4) is 0 Å². The number of likely N-dealkylation sites (N-methyl/N-ethyl adjacent to an activating group) is 1. The number of nitrogens with zero attached hydrogens (tertiary/aromatic N) is 3. The van der Waals surface area contributed by atoms with E-state index in [0.717, 1.165) is 45.4 Å². The second-order valence-corrected chi connectivity index (χ2v) is 8.98. The Kier molecular flexibility index (Phi) is 8.16. The van der Waals surface area contributed by atoms with Crippen LogP contribution in [-0.2, 0) is 4.74 Å². The molecule has 0 aromatic heterocycles. The minimum absolute atomic E-state index is 0. The Labute approximate surface area is 174 Å². The lowest BCUT2D eigenvalue weighted by Crippen LogP contribution is -2.49. The Morgan fingerprint density at radius 3 is 2.60 bits per heavy atom. The standard InChI is InChI=1S/C18H34N4OS.HI/c1-4-19-16(20-13-18(21(2)3)8-12-24-15-18)22-9-5-17(14-22)6-10-23-11-7-17;/h4-15H2,1-3H3,(H,19,20);1H. The predicted octanol–water partition coefficient (Wildman–Crippen LogP) is 2.51. The minimum atomic E-state index is 0. The van der Waals surface area contributed by atoms with Crippen molar-refractivity contribution in [3.05, 3.63) is 0 Å². The van der Waals surface area contributed by atoms with E-state index in [0.29, 0.717) is 5.41 Å². The normalized spacial score (nSPS) is 29.3. The number of thioether (sulfide) groups is 1. The summed E-state index contributed by atoms with van der Waals surface area (Å²) in [6.07, 6.45) is 4.95. The van der Waals surface area contributed by atoms with Gasteiger partial charge < -0.3 is 19.9 Å². The van der Waals surface area contributed by atoms with E-state index in [4.69, 9.17) is 9.73 Å². The quantitative estimate of drug-likeness (QED) is 0.379. The van der Waals surface area contributed by atoms with Gasteiger partial charge in [0.2, 0.25) is 0 Å². The maximum atomic E-state index is 5.58. The van der Waals surface area contributed by atoms with Gasteiger partial charge in [0.05, 0.1) is 6.54 Å². The second kappa shape index (κ2) is 9.46. The summed E-state index contributed by atoms with van der Waals surface area (Å²) in [5.41, 5.74) is 0.707. The number of nitrogens with one attached hydrogen (secondary N) is 1. The molecule has 3 rings (SSSR count). The van der Waals surface area contributed by atoms with Crippen LogP contribution >= 0.6 is 35.7 Å². The number of guanidine groups is 1. The van der Waals surface area contributed by atoms with Crippen LogP contribution in [0.2, 0.25) is 0 Å². The summed E-state index contributed by atoms with van der Waals surface area (Å²) in [6.45, 7) is 8.16. The molecule has 5 nitrogen and oxygen atoms in total. The van der Waals surface area contributed by atoms with Crippen LogP contribution in [0.15, 0.2) is 4.99 Å². The van der Waals surface area contributed by atoms with Crippen LogP contribution in [-0.4, -0.2) is 86.3 Å². The summed E-state index contributed by atoms with van der Waals surface area (Å²) in [7, 11) is 4.42. The van der Waals surface area contributed by atoms with Crippen LogP contribution < -0.4 is 5.32 Å². The lowest BCUT2D eigenvalue weighted by molar-refractivity contribution is 0.0217. The van der Waals surface area contributed by atoms with E-state index >= 15 is 0 Å².